The number of amides is 1. The number of anilines is 1. The van der Waals surface area contributed by atoms with Gasteiger partial charge in [-0.2, -0.15) is 0 Å². The van der Waals surface area contributed by atoms with Crippen molar-refractivity contribution in [1.29, 1.82) is 0 Å². The first-order valence-corrected chi connectivity index (χ1v) is 9.24. The molecule has 2 N–H and O–H groups in total. The van der Waals surface area contributed by atoms with Crippen molar-refractivity contribution in [3.63, 3.8) is 0 Å². The van der Waals surface area contributed by atoms with E-state index in [1.165, 1.54) is 5.56 Å². The van der Waals surface area contributed by atoms with E-state index in [0.717, 1.165) is 25.1 Å². The zero-order valence-corrected chi connectivity index (χ0v) is 12.7. The highest BCUT2D eigenvalue weighted by atomic mass is 32.2. The van der Waals surface area contributed by atoms with Gasteiger partial charge < -0.3 is 10.6 Å². The number of sulfone groups is 1. The molecule has 3 rings (SSSR count). The first-order valence-electron chi connectivity index (χ1n) is 7.42. The molecule has 5 nitrogen and oxygen atoms in total. The molecule has 0 aromatic heterocycles. The minimum absolute atomic E-state index is 0.0412. The standard InChI is InChI=1S/C15H20N2O3S/c18-15(17-12-6-9-21(19,20)10-7-12)13-5-1-3-11-4-2-8-16-14(11)13/h1,3,5,12,16H,2,4,6-10H2,(H,17,18). The molecule has 1 aromatic carbocycles. The molecular formula is C15H20N2O3S. The van der Waals surface area contributed by atoms with Gasteiger partial charge in [0.15, 0.2) is 0 Å². The van der Waals surface area contributed by atoms with Gasteiger partial charge in [0.25, 0.3) is 5.91 Å². The van der Waals surface area contributed by atoms with Crippen LogP contribution in [-0.4, -0.2) is 38.4 Å². The van der Waals surface area contributed by atoms with Crippen LogP contribution in [0.5, 0.6) is 0 Å². The van der Waals surface area contributed by atoms with Crippen LogP contribution < -0.4 is 10.6 Å². The lowest BCUT2D eigenvalue weighted by Gasteiger charge is -2.25. The fraction of sp³-hybridized carbons (Fsp3) is 0.533. The molecule has 0 spiro atoms. The van der Waals surface area contributed by atoms with E-state index in [0.29, 0.717) is 18.4 Å². The molecule has 1 amide bonds. The molecule has 1 saturated heterocycles. The molecule has 2 heterocycles. The fourth-order valence-corrected chi connectivity index (χ4v) is 4.49. The summed E-state index contributed by atoms with van der Waals surface area (Å²) in [5, 5.41) is 6.29. The Hall–Kier alpha value is -1.56. The molecule has 0 aliphatic carbocycles. The van der Waals surface area contributed by atoms with E-state index in [4.69, 9.17) is 0 Å². The van der Waals surface area contributed by atoms with Gasteiger partial charge in [0.05, 0.1) is 22.8 Å². The zero-order valence-electron chi connectivity index (χ0n) is 11.9. The Morgan fingerprint density at radius 1 is 1.24 bits per heavy atom. The molecule has 114 valence electrons. The quantitative estimate of drug-likeness (QED) is 0.865. The minimum Gasteiger partial charge on any atom is -0.384 e. The largest absolute Gasteiger partial charge is 0.384 e. The van der Waals surface area contributed by atoms with E-state index >= 15 is 0 Å². The molecule has 2 aliphatic rings. The average molecular weight is 308 g/mol. The van der Waals surface area contributed by atoms with Crippen molar-refractivity contribution in [3.05, 3.63) is 29.3 Å². The minimum atomic E-state index is -2.89. The summed E-state index contributed by atoms with van der Waals surface area (Å²) < 4.78 is 22.8. The van der Waals surface area contributed by atoms with Crippen molar-refractivity contribution in [1.82, 2.24) is 5.32 Å². The maximum absolute atomic E-state index is 12.4. The Morgan fingerprint density at radius 3 is 2.76 bits per heavy atom. The number of para-hydroxylation sites is 1. The van der Waals surface area contributed by atoms with E-state index < -0.39 is 9.84 Å². The molecule has 0 atom stereocenters. The van der Waals surface area contributed by atoms with Crippen molar-refractivity contribution < 1.29 is 13.2 Å². The Bertz CT molecular complexity index is 641. The van der Waals surface area contributed by atoms with E-state index in [-0.39, 0.29) is 23.5 Å². The molecule has 2 aliphatic heterocycles. The first kappa shape index (κ1) is 14.4. The molecular weight excluding hydrogens is 288 g/mol. The third-order valence-corrected chi connectivity index (χ3v) is 5.93. The number of hydrogen-bond acceptors (Lipinski definition) is 4. The molecule has 0 bridgehead atoms. The summed E-state index contributed by atoms with van der Waals surface area (Å²) in [4.78, 5) is 12.4. The second-order valence-corrected chi connectivity index (χ2v) is 8.07. The van der Waals surface area contributed by atoms with Gasteiger partial charge in [-0.3, -0.25) is 4.79 Å². The highest BCUT2D eigenvalue weighted by Gasteiger charge is 2.26. The van der Waals surface area contributed by atoms with Crippen molar-refractivity contribution in [2.24, 2.45) is 0 Å². The van der Waals surface area contributed by atoms with Crippen molar-refractivity contribution in [2.75, 3.05) is 23.4 Å². The highest BCUT2D eigenvalue weighted by Crippen LogP contribution is 2.26. The fourth-order valence-electron chi connectivity index (χ4n) is 3.00. The van der Waals surface area contributed by atoms with E-state index in [2.05, 4.69) is 10.6 Å². The normalized spacial score (nSPS) is 21.1. The van der Waals surface area contributed by atoms with Crippen LogP contribution in [0.15, 0.2) is 18.2 Å². The Labute approximate surface area is 125 Å². The van der Waals surface area contributed by atoms with E-state index in [1.807, 2.05) is 18.2 Å². The summed E-state index contributed by atoms with van der Waals surface area (Å²) in [5.41, 5.74) is 2.78. The first-order chi connectivity index (χ1) is 10.1. The topological polar surface area (TPSA) is 75.3 Å². The van der Waals surface area contributed by atoms with Gasteiger partial charge in [-0.25, -0.2) is 8.42 Å². The number of fused-ring (bicyclic) bond motifs is 1. The summed E-state index contributed by atoms with van der Waals surface area (Å²) in [5.74, 6) is 0.233. The summed E-state index contributed by atoms with van der Waals surface area (Å²) in [6.45, 7) is 0.888. The molecule has 21 heavy (non-hydrogen) atoms. The van der Waals surface area contributed by atoms with Crippen molar-refractivity contribution in [2.45, 2.75) is 31.7 Å². The molecule has 0 unspecified atom stereocenters. The van der Waals surface area contributed by atoms with Crippen LogP contribution >= 0.6 is 0 Å². The third kappa shape index (κ3) is 3.20. The monoisotopic (exact) mass is 308 g/mol. The number of aryl methyl sites for hydroxylation is 1. The maximum atomic E-state index is 12.4. The van der Waals surface area contributed by atoms with Crippen LogP contribution in [0.3, 0.4) is 0 Å². The molecule has 1 fully saturated rings. The van der Waals surface area contributed by atoms with Gasteiger partial charge in [-0.1, -0.05) is 12.1 Å². The van der Waals surface area contributed by atoms with Crippen LogP contribution in [0.4, 0.5) is 5.69 Å². The second-order valence-electron chi connectivity index (χ2n) is 5.77. The third-order valence-electron chi connectivity index (χ3n) is 4.21. The number of hydrogen-bond donors (Lipinski definition) is 2. The van der Waals surface area contributed by atoms with Gasteiger partial charge in [0, 0.05) is 12.6 Å². The number of carbonyl (C=O) groups excluding carboxylic acids is 1. The molecule has 0 saturated carbocycles. The number of benzene rings is 1. The zero-order chi connectivity index (χ0) is 14.9. The second kappa shape index (κ2) is 5.67. The van der Waals surface area contributed by atoms with Gasteiger partial charge in [-0.05, 0) is 37.3 Å². The van der Waals surface area contributed by atoms with Crippen LogP contribution in [0.1, 0.15) is 35.2 Å². The average Bonchev–Trinajstić information content (AvgIpc) is 2.49. The van der Waals surface area contributed by atoms with Crippen molar-refractivity contribution >= 4 is 21.4 Å². The van der Waals surface area contributed by atoms with Crippen LogP contribution in [-0.2, 0) is 16.3 Å². The Kier molecular flexibility index (Phi) is 3.89. The smallest absolute Gasteiger partial charge is 0.253 e. The Balaban J connectivity index is 1.72. The molecule has 6 heteroatoms. The molecule has 1 aromatic rings. The lowest BCUT2D eigenvalue weighted by molar-refractivity contribution is 0.0935. The lowest BCUT2D eigenvalue weighted by Crippen LogP contribution is -2.41. The van der Waals surface area contributed by atoms with E-state index in [1.54, 1.807) is 0 Å². The van der Waals surface area contributed by atoms with E-state index in [9.17, 15) is 13.2 Å². The van der Waals surface area contributed by atoms with Crippen LogP contribution in [0.25, 0.3) is 0 Å². The summed E-state index contributed by atoms with van der Waals surface area (Å²) in [7, 11) is -2.89. The Morgan fingerprint density at radius 2 is 2.00 bits per heavy atom. The number of carbonyl (C=O) groups is 1. The van der Waals surface area contributed by atoms with Gasteiger partial charge >= 0.3 is 0 Å². The van der Waals surface area contributed by atoms with Crippen LogP contribution in [0.2, 0.25) is 0 Å². The predicted molar refractivity (Wildman–Crippen MR) is 82.4 cm³/mol. The van der Waals surface area contributed by atoms with Gasteiger partial charge in [0.1, 0.15) is 9.84 Å². The molecule has 0 radical (unpaired) electrons. The summed E-state index contributed by atoms with van der Waals surface area (Å²) in [6.07, 6.45) is 3.09. The summed E-state index contributed by atoms with van der Waals surface area (Å²) in [6, 6.07) is 5.74. The van der Waals surface area contributed by atoms with Gasteiger partial charge in [-0.15, -0.1) is 0 Å². The van der Waals surface area contributed by atoms with Crippen LogP contribution in [0, 0.1) is 0 Å². The lowest BCUT2D eigenvalue weighted by atomic mass is 9.98. The number of nitrogens with one attached hydrogen (secondary N) is 2. The highest BCUT2D eigenvalue weighted by molar-refractivity contribution is 7.91. The SMILES string of the molecule is O=C(NC1CCS(=O)(=O)CC1)c1cccc2c1NCCC2. The van der Waals surface area contributed by atoms with Crippen molar-refractivity contribution in [3.8, 4) is 0 Å². The summed E-state index contributed by atoms with van der Waals surface area (Å²) >= 11 is 0. The predicted octanol–water partition coefficient (Wildman–Crippen LogP) is 1.35. The maximum Gasteiger partial charge on any atom is 0.253 e. The number of rotatable bonds is 2. The van der Waals surface area contributed by atoms with Gasteiger partial charge in [0.2, 0.25) is 0 Å².